The summed E-state index contributed by atoms with van der Waals surface area (Å²) in [6.45, 7) is 3.94. The summed E-state index contributed by atoms with van der Waals surface area (Å²) in [6, 6.07) is 37.7. The number of rotatable bonds is 7. The van der Waals surface area contributed by atoms with Gasteiger partial charge >= 0.3 is 0 Å². The van der Waals surface area contributed by atoms with Crippen LogP contribution in [0.2, 0.25) is 0 Å². The van der Waals surface area contributed by atoms with Crippen molar-refractivity contribution in [1.82, 2.24) is 0 Å². The number of carbonyl (C=O) groups excluding carboxylic acids is 2. The van der Waals surface area contributed by atoms with E-state index in [-0.39, 0.29) is 11.6 Å². The molecule has 0 saturated carbocycles. The predicted molar refractivity (Wildman–Crippen MR) is 165 cm³/mol. The minimum absolute atomic E-state index is 0.00832. The van der Waals surface area contributed by atoms with E-state index in [0.29, 0.717) is 34.3 Å². The molecule has 0 aliphatic carbocycles. The molecule has 0 bridgehead atoms. The SMILES string of the molecule is CS(=O)(=O)O.Cc1ccc(C(=O)c2ccc(-c3ccc(C)c(C(=O)c4ccc(Oc5ccccc5)cc4)c3)cc2)cc1. The van der Waals surface area contributed by atoms with Gasteiger partial charge < -0.3 is 4.74 Å². The van der Waals surface area contributed by atoms with Crippen LogP contribution >= 0.6 is 0 Å². The van der Waals surface area contributed by atoms with Crippen LogP contribution in [0.4, 0.5) is 0 Å². The van der Waals surface area contributed by atoms with Gasteiger partial charge in [0.1, 0.15) is 11.5 Å². The fourth-order valence-electron chi connectivity index (χ4n) is 4.19. The molecule has 5 rings (SSSR count). The number of ether oxygens (including phenoxy) is 1. The summed E-state index contributed by atoms with van der Waals surface area (Å²) in [7, 11) is -3.67. The first-order valence-corrected chi connectivity index (χ1v) is 15.0. The van der Waals surface area contributed by atoms with Crippen LogP contribution in [0.5, 0.6) is 11.5 Å². The highest BCUT2D eigenvalue weighted by Crippen LogP contribution is 2.27. The van der Waals surface area contributed by atoms with E-state index in [9.17, 15) is 18.0 Å². The van der Waals surface area contributed by atoms with Crippen molar-refractivity contribution in [2.24, 2.45) is 0 Å². The monoisotopic (exact) mass is 578 g/mol. The highest BCUT2D eigenvalue weighted by molar-refractivity contribution is 7.85. The molecule has 0 aliphatic heterocycles. The number of hydrogen-bond donors (Lipinski definition) is 1. The van der Waals surface area contributed by atoms with E-state index in [1.165, 1.54) is 0 Å². The first kappa shape index (κ1) is 30.1. The van der Waals surface area contributed by atoms with E-state index >= 15 is 0 Å². The molecular formula is C35H30O6S. The fraction of sp³-hybridized carbons (Fsp3) is 0.0857. The van der Waals surface area contributed by atoms with Crippen LogP contribution in [0.3, 0.4) is 0 Å². The van der Waals surface area contributed by atoms with E-state index in [0.717, 1.165) is 28.0 Å². The normalized spacial score (nSPS) is 10.8. The van der Waals surface area contributed by atoms with Crippen molar-refractivity contribution in [2.45, 2.75) is 13.8 Å². The average molecular weight is 579 g/mol. The maximum Gasteiger partial charge on any atom is 0.261 e. The van der Waals surface area contributed by atoms with Gasteiger partial charge in [-0.3, -0.25) is 14.1 Å². The average Bonchev–Trinajstić information content (AvgIpc) is 2.97. The second-order valence-corrected chi connectivity index (χ2v) is 11.3. The molecule has 0 atom stereocenters. The van der Waals surface area contributed by atoms with Crippen molar-refractivity contribution in [3.05, 3.63) is 155 Å². The minimum Gasteiger partial charge on any atom is -0.457 e. The maximum absolute atomic E-state index is 13.4. The number of carbonyl (C=O) groups is 2. The maximum atomic E-state index is 13.4. The molecule has 212 valence electrons. The summed E-state index contributed by atoms with van der Waals surface area (Å²) in [5, 5.41) is 0. The minimum atomic E-state index is -3.67. The molecular weight excluding hydrogens is 548 g/mol. The van der Waals surface area contributed by atoms with E-state index in [2.05, 4.69) is 0 Å². The third-order valence-electron chi connectivity index (χ3n) is 6.37. The lowest BCUT2D eigenvalue weighted by Crippen LogP contribution is -2.04. The van der Waals surface area contributed by atoms with Gasteiger partial charge in [-0.05, 0) is 73.0 Å². The van der Waals surface area contributed by atoms with E-state index < -0.39 is 10.1 Å². The van der Waals surface area contributed by atoms with Crippen LogP contribution in [0.25, 0.3) is 11.1 Å². The van der Waals surface area contributed by atoms with Gasteiger partial charge in [-0.25, -0.2) is 0 Å². The molecule has 0 heterocycles. The Labute approximate surface area is 246 Å². The first-order chi connectivity index (χ1) is 20.0. The summed E-state index contributed by atoms with van der Waals surface area (Å²) in [4.78, 5) is 26.2. The van der Waals surface area contributed by atoms with Crippen molar-refractivity contribution in [2.75, 3.05) is 6.26 Å². The smallest absolute Gasteiger partial charge is 0.261 e. The number of ketones is 2. The molecule has 0 amide bonds. The molecule has 0 saturated heterocycles. The zero-order valence-corrected chi connectivity index (χ0v) is 24.3. The summed E-state index contributed by atoms with van der Waals surface area (Å²) in [6.07, 6.45) is 0.715. The number of benzene rings is 5. The third-order valence-corrected chi connectivity index (χ3v) is 6.37. The second-order valence-electron chi connectivity index (χ2n) is 9.80. The molecule has 1 N–H and O–H groups in total. The molecule has 0 radical (unpaired) electrons. The van der Waals surface area contributed by atoms with Gasteiger partial charge in [-0.1, -0.05) is 84.4 Å². The lowest BCUT2D eigenvalue weighted by Gasteiger charge is -2.10. The Hall–Kier alpha value is -4.85. The van der Waals surface area contributed by atoms with Crippen LogP contribution in [0.1, 0.15) is 43.0 Å². The van der Waals surface area contributed by atoms with Crippen molar-refractivity contribution >= 4 is 21.7 Å². The molecule has 0 aliphatic rings. The fourth-order valence-corrected chi connectivity index (χ4v) is 4.19. The highest BCUT2D eigenvalue weighted by atomic mass is 32.2. The molecule has 5 aromatic carbocycles. The summed E-state index contributed by atoms with van der Waals surface area (Å²) in [5.41, 5.74) is 6.44. The molecule has 42 heavy (non-hydrogen) atoms. The van der Waals surface area contributed by atoms with Crippen molar-refractivity contribution in [3.63, 3.8) is 0 Å². The van der Waals surface area contributed by atoms with Gasteiger partial charge in [0.15, 0.2) is 11.6 Å². The van der Waals surface area contributed by atoms with Gasteiger partial charge in [0.2, 0.25) is 0 Å². The Morgan fingerprint density at radius 3 is 1.62 bits per heavy atom. The molecule has 7 heteroatoms. The van der Waals surface area contributed by atoms with Crippen molar-refractivity contribution in [1.29, 1.82) is 0 Å². The second kappa shape index (κ2) is 13.2. The van der Waals surface area contributed by atoms with Crippen LogP contribution in [0, 0.1) is 13.8 Å². The Kier molecular flexibility index (Phi) is 9.47. The van der Waals surface area contributed by atoms with Crippen LogP contribution in [0.15, 0.2) is 121 Å². The molecule has 0 spiro atoms. The highest BCUT2D eigenvalue weighted by Gasteiger charge is 2.14. The van der Waals surface area contributed by atoms with Gasteiger partial charge in [0.05, 0.1) is 6.26 Å². The Morgan fingerprint density at radius 1 is 0.595 bits per heavy atom. The number of aryl methyl sites for hydroxylation is 2. The zero-order chi connectivity index (χ0) is 30.3. The van der Waals surface area contributed by atoms with Crippen LogP contribution in [-0.2, 0) is 10.1 Å². The summed E-state index contributed by atoms with van der Waals surface area (Å²) in [5.74, 6) is 1.37. The third kappa shape index (κ3) is 8.33. The Balaban J connectivity index is 0.000000748. The van der Waals surface area contributed by atoms with Crippen molar-refractivity contribution in [3.8, 4) is 22.6 Å². The van der Waals surface area contributed by atoms with Crippen LogP contribution < -0.4 is 4.74 Å². The van der Waals surface area contributed by atoms with E-state index in [4.69, 9.17) is 9.29 Å². The molecule has 0 fully saturated rings. The van der Waals surface area contributed by atoms with Gasteiger partial charge in [-0.2, -0.15) is 8.42 Å². The topological polar surface area (TPSA) is 97.7 Å². The van der Waals surface area contributed by atoms with Gasteiger partial charge in [0, 0.05) is 22.3 Å². The molecule has 6 nitrogen and oxygen atoms in total. The summed E-state index contributed by atoms with van der Waals surface area (Å²) < 4.78 is 31.7. The number of para-hydroxylation sites is 1. The number of hydrogen-bond acceptors (Lipinski definition) is 5. The molecule has 0 unspecified atom stereocenters. The standard InChI is InChI=1S/C34H26O3.CH4O3S/c1-23-8-11-26(12-9-23)33(35)27-16-14-25(15-17-27)29-13-10-24(2)32(22-29)34(36)28-18-20-31(21-19-28)37-30-6-4-3-5-7-30;1-5(2,3)4/h3-22H,1-2H3;1H3,(H,2,3,4). The first-order valence-electron chi connectivity index (χ1n) is 13.1. The van der Waals surface area contributed by atoms with E-state index in [1.54, 1.807) is 12.1 Å². The lowest BCUT2D eigenvalue weighted by atomic mass is 9.93. The summed E-state index contributed by atoms with van der Waals surface area (Å²) >= 11 is 0. The van der Waals surface area contributed by atoms with Gasteiger partial charge in [-0.15, -0.1) is 0 Å². The molecule has 5 aromatic rings. The van der Waals surface area contributed by atoms with Crippen LogP contribution in [-0.4, -0.2) is 30.8 Å². The lowest BCUT2D eigenvalue weighted by molar-refractivity contribution is 0.103. The largest absolute Gasteiger partial charge is 0.457 e. The van der Waals surface area contributed by atoms with E-state index in [1.807, 2.05) is 123 Å². The Morgan fingerprint density at radius 2 is 1.05 bits per heavy atom. The van der Waals surface area contributed by atoms with Crippen molar-refractivity contribution < 1.29 is 27.3 Å². The zero-order valence-electron chi connectivity index (χ0n) is 23.4. The quantitative estimate of drug-likeness (QED) is 0.157. The predicted octanol–water partition coefficient (Wildman–Crippen LogP) is 7.73. The Bertz CT molecular complexity index is 1780. The molecule has 0 aromatic heterocycles. The van der Waals surface area contributed by atoms with Gasteiger partial charge in [0.25, 0.3) is 10.1 Å².